The van der Waals surface area contributed by atoms with Gasteiger partial charge < -0.3 is 15.5 Å². The zero-order valence-corrected chi connectivity index (χ0v) is 8.17. The number of hydrogen-bond donors (Lipinski definition) is 2. The molecule has 0 fully saturated rings. The molecular weight excluding hydrogens is 208 g/mol. The van der Waals surface area contributed by atoms with E-state index in [9.17, 15) is 9.59 Å². The van der Waals surface area contributed by atoms with Gasteiger partial charge in [-0.25, -0.2) is 0 Å². The molecule has 1 atom stereocenters. The van der Waals surface area contributed by atoms with Crippen molar-refractivity contribution in [3.63, 3.8) is 0 Å². The van der Waals surface area contributed by atoms with Crippen LogP contribution in [0.4, 0.5) is 0 Å². The number of halogens is 1. The Bertz CT molecular complexity index is 361. The maximum Gasteiger partial charge on any atom is 0.256 e. The average Bonchev–Trinajstić information content (AvgIpc) is 2.51. The average molecular weight is 217 g/mol. The van der Waals surface area contributed by atoms with Gasteiger partial charge in [0.15, 0.2) is 0 Å². The molecule has 0 aliphatic carbocycles. The van der Waals surface area contributed by atoms with Gasteiger partial charge in [0.25, 0.3) is 5.91 Å². The number of nitrogens with one attached hydrogen (secondary N) is 1. The molecular formula is C8H9ClN2O3. The van der Waals surface area contributed by atoms with E-state index in [2.05, 4.69) is 5.32 Å². The lowest BCUT2D eigenvalue weighted by Gasteiger charge is -2.08. The number of primary amides is 1. The number of carbonyl (C=O) groups is 2. The molecule has 0 spiro atoms. The molecule has 1 heterocycles. The first-order valence-corrected chi connectivity index (χ1v) is 4.23. The van der Waals surface area contributed by atoms with Crippen LogP contribution in [0, 0.1) is 0 Å². The highest BCUT2D eigenvalue weighted by molar-refractivity contribution is 6.32. The van der Waals surface area contributed by atoms with Crippen LogP contribution in [0.25, 0.3) is 0 Å². The van der Waals surface area contributed by atoms with Gasteiger partial charge in [0, 0.05) is 0 Å². The number of furan rings is 1. The monoisotopic (exact) mass is 216 g/mol. The first-order chi connectivity index (χ1) is 6.52. The van der Waals surface area contributed by atoms with Crippen LogP contribution < -0.4 is 11.1 Å². The number of amides is 2. The maximum atomic E-state index is 11.4. The molecule has 3 N–H and O–H groups in total. The first-order valence-electron chi connectivity index (χ1n) is 3.85. The topological polar surface area (TPSA) is 85.3 Å². The Morgan fingerprint density at radius 2 is 2.29 bits per heavy atom. The largest absolute Gasteiger partial charge is 0.452 e. The SMILES string of the molecule is CC(NC(=O)c1ccoc1Cl)C(N)=O. The van der Waals surface area contributed by atoms with Crippen molar-refractivity contribution in [2.75, 3.05) is 0 Å². The molecule has 0 bridgehead atoms. The highest BCUT2D eigenvalue weighted by Gasteiger charge is 2.17. The van der Waals surface area contributed by atoms with Crippen molar-refractivity contribution in [3.05, 3.63) is 23.1 Å². The van der Waals surface area contributed by atoms with E-state index >= 15 is 0 Å². The lowest BCUT2D eigenvalue weighted by molar-refractivity contribution is -0.119. The van der Waals surface area contributed by atoms with Crippen LogP contribution in [0.3, 0.4) is 0 Å². The third-order valence-corrected chi connectivity index (χ3v) is 1.93. The Hall–Kier alpha value is -1.49. The fraction of sp³-hybridized carbons (Fsp3) is 0.250. The predicted octanol–water partition coefficient (Wildman–Crippen LogP) is 0.537. The molecule has 0 saturated carbocycles. The molecule has 0 saturated heterocycles. The number of nitrogens with two attached hydrogens (primary N) is 1. The molecule has 0 aliphatic rings. The fourth-order valence-corrected chi connectivity index (χ4v) is 1.00. The van der Waals surface area contributed by atoms with Crippen LogP contribution in [-0.2, 0) is 4.79 Å². The van der Waals surface area contributed by atoms with E-state index in [1.54, 1.807) is 0 Å². The second-order valence-electron chi connectivity index (χ2n) is 2.71. The van der Waals surface area contributed by atoms with Crippen LogP contribution in [0.5, 0.6) is 0 Å². The van der Waals surface area contributed by atoms with Crippen LogP contribution in [0.15, 0.2) is 16.7 Å². The molecule has 76 valence electrons. The summed E-state index contributed by atoms with van der Waals surface area (Å²) in [7, 11) is 0. The minimum absolute atomic E-state index is 0.0147. The minimum atomic E-state index is -0.742. The van der Waals surface area contributed by atoms with Gasteiger partial charge in [0.05, 0.1) is 11.8 Å². The number of carbonyl (C=O) groups excluding carboxylic acids is 2. The second-order valence-corrected chi connectivity index (χ2v) is 3.05. The summed E-state index contributed by atoms with van der Waals surface area (Å²) in [5, 5.41) is 2.35. The third-order valence-electron chi connectivity index (χ3n) is 1.64. The molecule has 1 rings (SSSR count). The minimum Gasteiger partial charge on any atom is -0.452 e. The van der Waals surface area contributed by atoms with Crippen molar-refractivity contribution in [2.24, 2.45) is 5.73 Å². The number of rotatable bonds is 3. The van der Waals surface area contributed by atoms with E-state index in [0.717, 1.165) is 0 Å². The smallest absolute Gasteiger partial charge is 0.256 e. The van der Waals surface area contributed by atoms with Crippen molar-refractivity contribution in [2.45, 2.75) is 13.0 Å². The zero-order valence-electron chi connectivity index (χ0n) is 7.41. The van der Waals surface area contributed by atoms with E-state index in [0.29, 0.717) is 0 Å². The Labute approximate surface area is 85.2 Å². The molecule has 0 aromatic carbocycles. The van der Waals surface area contributed by atoms with Crippen LogP contribution in [0.1, 0.15) is 17.3 Å². The molecule has 2 amide bonds. The summed E-state index contributed by atoms with van der Waals surface area (Å²) >= 11 is 5.55. The molecule has 14 heavy (non-hydrogen) atoms. The van der Waals surface area contributed by atoms with Gasteiger partial charge in [-0.2, -0.15) is 0 Å². The molecule has 0 aliphatic heterocycles. The first kappa shape index (κ1) is 10.6. The summed E-state index contributed by atoms with van der Waals surface area (Å²) < 4.78 is 4.72. The Morgan fingerprint density at radius 3 is 2.71 bits per heavy atom. The Kier molecular flexibility index (Phi) is 3.14. The second kappa shape index (κ2) is 4.15. The summed E-state index contributed by atoms with van der Waals surface area (Å²) in [5.41, 5.74) is 5.15. The lowest BCUT2D eigenvalue weighted by atomic mass is 10.2. The Morgan fingerprint density at radius 1 is 1.64 bits per heavy atom. The van der Waals surface area contributed by atoms with Crippen molar-refractivity contribution in [1.82, 2.24) is 5.32 Å². The molecule has 1 unspecified atom stereocenters. The summed E-state index contributed by atoms with van der Waals surface area (Å²) in [6.07, 6.45) is 1.28. The Balaban J connectivity index is 2.69. The van der Waals surface area contributed by atoms with E-state index in [4.69, 9.17) is 21.8 Å². The van der Waals surface area contributed by atoms with Gasteiger partial charge in [-0.15, -0.1) is 0 Å². The lowest BCUT2D eigenvalue weighted by Crippen LogP contribution is -2.42. The molecule has 1 aromatic heterocycles. The van der Waals surface area contributed by atoms with Gasteiger partial charge in [0.1, 0.15) is 6.04 Å². The summed E-state index contributed by atoms with van der Waals surface area (Å²) in [6.45, 7) is 1.48. The zero-order chi connectivity index (χ0) is 10.7. The van der Waals surface area contributed by atoms with Gasteiger partial charge in [-0.1, -0.05) is 0 Å². The summed E-state index contributed by atoms with van der Waals surface area (Å²) in [4.78, 5) is 22.0. The highest BCUT2D eigenvalue weighted by Crippen LogP contribution is 2.16. The van der Waals surface area contributed by atoms with Crippen molar-refractivity contribution in [3.8, 4) is 0 Å². The quantitative estimate of drug-likeness (QED) is 0.773. The highest BCUT2D eigenvalue weighted by atomic mass is 35.5. The van der Waals surface area contributed by atoms with E-state index in [-0.39, 0.29) is 10.8 Å². The van der Waals surface area contributed by atoms with Gasteiger partial charge in [-0.05, 0) is 24.6 Å². The number of hydrogen-bond acceptors (Lipinski definition) is 3. The normalized spacial score (nSPS) is 12.1. The van der Waals surface area contributed by atoms with E-state index < -0.39 is 17.9 Å². The maximum absolute atomic E-state index is 11.4. The molecule has 1 aromatic rings. The van der Waals surface area contributed by atoms with Gasteiger partial charge in [0.2, 0.25) is 11.1 Å². The van der Waals surface area contributed by atoms with Crippen LogP contribution in [-0.4, -0.2) is 17.9 Å². The molecule has 6 heteroatoms. The predicted molar refractivity (Wildman–Crippen MR) is 49.8 cm³/mol. The van der Waals surface area contributed by atoms with Crippen LogP contribution in [0.2, 0.25) is 5.22 Å². The van der Waals surface area contributed by atoms with E-state index in [1.807, 2.05) is 0 Å². The van der Waals surface area contributed by atoms with Gasteiger partial charge in [-0.3, -0.25) is 9.59 Å². The summed E-state index contributed by atoms with van der Waals surface area (Å²) in [6, 6.07) is 0.666. The standard InChI is InChI=1S/C8H9ClN2O3/c1-4(7(10)12)11-8(13)5-2-3-14-6(5)9/h2-4H,1H3,(H2,10,12)(H,11,13). The van der Waals surface area contributed by atoms with Crippen molar-refractivity contribution in [1.29, 1.82) is 0 Å². The van der Waals surface area contributed by atoms with Gasteiger partial charge >= 0.3 is 0 Å². The molecule has 0 radical (unpaired) electrons. The van der Waals surface area contributed by atoms with E-state index in [1.165, 1.54) is 19.3 Å². The van der Waals surface area contributed by atoms with Crippen molar-refractivity contribution >= 4 is 23.4 Å². The fourth-order valence-electron chi connectivity index (χ4n) is 0.801. The summed E-state index contributed by atoms with van der Waals surface area (Å²) in [5.74, 6) is -1.10. The molecule has 5 nitrogen and oxygen atoms in total. The third kappa shape index (κ3) is 2.26. The van der Waals surface area contributed by atoms with Crippen LogP contribution >= 0.6 is 11.6 Å². The van der Waals surface area contributed by atoms with Crippen molar-refractivity contribution < 1.29 is 14.0 Å².